The molecule has 1 heterocycles. The molecule has 0 radical (unpaired) electrons. The number of rotatable bonds is 3. The van der Waals surface area contributed by atoms with Crippen molar-refractivity contribution in [2.24, 2.45) is 5.73 Å². The largest absolute Gasteiger partial charge is 0.381 e. The molecule has 1 aromatic rings. The van der Waals surface area contributed by atoms with E-state index in [0.717, 1.165) is 5.69 Å². The molecule has 2 rings (SSSR count). The Balaban J connectivity index is 1.97. The smallest absolute Gasteiger partial charge is 0.316 e. The van der Waals surface area contributed by atoms with E-state index >= 15 is 0 Å². The summed E-state index contributed by atoms with van der Waals surface area (Å²) in [7, 11) is -2.88. The average Bonchev–Trinajstić information content (AvgIpc) is 2.60. The van der Waals surface area contributed by atoms with Crippen LogP contribution < -0.4 is 16.4 Å². The lowest BCUT2D eigenvalue weighted by Crippen LogP contribution is -2.21. The number of amides is 2. The Bertz CT molecular complexity index is 539. The van der Waals surface area contributed by atoms with Gasteiger partial charge in [-0.2, -0.15) is 0 Å². The Morgan fingerprint density at radius 1 is 1.22 bits per heavy atom. The highest BCUT2D eigenvalue weighted by Crippen LogP contribution is 2.19. The second-order valence-corrected chi connectivity index (χ2v) is 6.54. The lowest BCUT2D eigenvalue weighted by Gasteiger charge is -2.12. The van der Waals surface area contributed by atoms with Crippen LogP contribution in [0.5, 0.6) is 0 Å². The van der Waals surface area contributed by atoms with Gasteiger partial charge in [0.05, 0.1) is 11.5 Å². The lowest BCUT2D eigenvalue weighted by molar-refractivity contribution is 0.259. The van der Waals surface area contributed by atoms with E-state index in [-0.39, 0.29) is 17.5 Å². The molecule has 4 N–H and O–H groups in total. The zero-order chi connectivity index (χ0) is 13.2. The van der Waals surface area contributed by atoms with Gasteiger partial charge >= 0.3 is 6.03 Å². The summed E-state index contributed by atoms with van der Waals surface area (Å²) in [5.41, 5.74) is 6.42. The van der Waals surface area contributed by atoms with Crippen molar-refractivity contribution in [1.82, 2.24) is 0 Å². The Hall–Kier alpha value is -1.76. The van der Waals surface area contributed by atoms with Gasteiger partial charge in [-0.05, 0) is 30.7 Å². The molecule has 7 heteroatoms. The summed E-state index contributed by atoms with van der Waals surface area (Å²) in [4.78, 5) is 10.6. The number of carbonyl (C=O) groups is 1. The van der Waals surface area contributed by atoms with E-state index in [9.17, 15) is 13.2 Å². The highest BCUT2D eigenvalue weighted by atomic mass is 32.2. The van der Waals surface area contributed by atoms with Crippen molar-refractivity contribution in [2.75, 3.05) is 22.1 Å². The Morgan fingerprint density at radius 3 is 2.33 bits per heavy atom. The van der Waals surface area contributed by atoms with Crippen LogP contribution >= 0.6 is 0 Å². The molecule has 98 valence electrons. The topological polar surface area (TPSA) is 101 Å². The zero-order valence-electron chi connectivity index (χ0n) is 9.72. The number of sulfone groups is 1. The fourth-order valence-corrected chi connectivity index (χ4v) is 3.61. The molecule has 1 unspecified atom stereocenters. The third-order valence-corrected chi connectivity index (χ3v) is 4.52. The average molecular weight is 269 g/mol. The van der Waals surface area contributed by atoms with Crippen LogP contribution in [0.25, 0.3) is 0 Å². The van der Waals surface area contributed by atoms with Crippen LogP contribution in [0.1, 0.15) is 6.42 Å². The van der Waals surface area contributed by atoms with Gasteiger partial charge in [0.1, 0.15) is 0 Å². The van der Waals surface area contributed by atoms with Crippen LogP contribution in [0.15, 0.2) is 24.3 Å². The maximum Gasteiger partial charge on any atom is 0.316 e. The number of urea groups is 1. The van der Waals surface area contributed by atoms with Crippen LogP contribution in [0, 0.1) is 0 Å². The molecule has 2 amide bonds. The second kappa shape index (κ2) is 4.85. The van der Waals surface area contributed by atoms with Crippen molar-refractivity contribution >= 4 is 27.2 Å². The van der Waals surface area contributed by atoms with Gasteiger partial charge in [0.2, 0.25) is 0 Å². The molecule has 0 spiro atoms. The van der Waals surface area contributed by atoms with Gasteiger partial charge in [-0.3, -0.25) is 0 Å². The molecule has 1 atom stereocenters. The van der Waals surface area contributed by atoms with E-state index in [0.29, 0.717) is 12.1 Å². The minimum atomic E-state index is -2.88. The Kier molecular flexibility index (Phi) is 3.42. The van der Waals surface area contributed by atoms with E-state index in [2.05, 4.69) is 10.6 Å². The molecule has 1 aromatic carbocycles. The van der Waals surface area contributed by atoms with Crippen LogP contribution in [0.4, 0.5) is 16.2 Å². The van der Waals surface area contributed by atoms with Gasteiger partial charge < -0.3 is 16.4 Å². The fraction of sp³-hybridized carbons (Fsp3) is 0.364. The van der Waals surface area contributed by atoms with E-state index < -0.39 is 15.9 Å². The first-order chi connectivity index (χ1) is 8.44. The first-order valence-electron chi connectivity index (χ1n) is 5.58. The highest BCUT2D eigenvalue weighted by molar-refractivity contribution is 7.91. The number of carbonyl (C=O) groups excluding carboxylic acids is 1. The van der Waals surface area contributed by atoms with E-state index in [4.69, 9.17) is 5.73 Å². The van der Waals surface area contributed by atoms with Gasteiger partial charge in [-0.25, -0.2) is 13.2 Å². The van der Waals surface area contributed by atoms with E-state index in [1.165, 1.54) is 0 Å². The summed E-state index contributed by atoms with van der Waals surface area (Å²) in [5.74, 6) is 0.417. The normalized spacial score (nSPS) is 21.4. The minimum Gasteiger partial charge on any atom is -0.381 e. The van der Waals surface area contributed by atoms with Crippen LogP contribution in [-0.4, -0.2) is 32.0 Å². The fourth-order valence-electron chi connectivity index (χ4n) is 1.94. The van der Waals surface area contributed by atoms with Crippen molar-refractivity contribution in [2.45, 2.75) is 12.5 Å². The second-order valence-electron chi connectivity index (χ2n) is 4.31. The number of nitrogens with two attached hydrogens (primary N) is 1. The summed E-state index contributed by atoms with van der Waals surface area (Å²) in [6.07, 6.45) is 0.629. The summed E-state index contributed by atoms with van der Waals surface area (Å²) in [6, 6.07) is 6.31. The zero-order valence-corrected chi connectivity index (χ0v) is 10.5. The molecule has 1 aliphatic heterocycles. The third kappa shape index (κ3) is 3.36. The quantitative estimate of drug-likeness (QED) is 0.754. The third-order valence-electron chi connectivity index (χ3n) is 2.76. The van der Waals surface area contributed by atoms with Crippen LogP contribution in [0.3, 0.4) is 0 Å². The number of benzene rings is 1. The van der Waals surface area contributed by atoms with E-state index in [1.807, 2.05) is 0 Å². The summed E-state index contributed by atoms with van der Waals surface area (Å²) >= 11 is 0. The van der Waals surface area contributed by atoms with Crippen molar-refractivity contribution in [3.05, 3.63) is 24.3 Å². The molecular formula is C11H15N3O3S. The Labute approximate surface area is 105 Å². The number of hydrogen-bond acceptors (Lipinski definition) is 4. The minimum absolute atomic E-state index is 0.0371. The van der Waals surface area contributed by atoms with Gasteiger partial charge in [0.15, 0.2) is 9.84 Å². The Morgan fingerprint density at radius 2 is 1.83 bits per heavy atom. The van der Waals surface area contributed by atoms with Crippen molar-refractivity contribution in [3.63, 3.8) is 0 Å². The van der Waals surface area contributed by atoms with Crippen molar-refractivity contribution in [3.8, 4) is 0 Å². The van der Waals surface area contributed by atoms with Gasteiger partial charge in [-0.1, -0.05) is 0 Å². The summed E-state index contributed by atoms with van der Waals surface area (Å²) in [6.45, 7) is 0. The molecule has 0 bridgehead atoms. The van der Waals surface area contributed by atoms with E-state index in [1.54, 1.807) is 24.3 Å². The first-order valence-corrected chi connectivity index (χ1v) is 7.40. The number of anilines is 2. The van der Waals surface area contributed by atoms with Crippen molar-refractivity contribution < 1.29 is 13.2 Å². The number of nitrogens with one attached hydrogen (secondary N) is 2. The monoisotopic (exact) mass is 269 g/mol. The predicted molar refractivity (Wildman–Crippen MR) is 70.3 cm³/mol. The highest BCUT2D eigenvalue weighted by Gasteiger charge is 2.27. The molecule has 18 heavy (non-hydrogen) atoms. The standard InChI is InChI=1S/C11H15N3O3S/c12-11(15)14-9-3-1-8(2-4-9)13-10-5-6-18(16,17)7-10/h1-4,10,13H,5-7H2,(H3,12,14,15). The summed E-state index contributed by atoms with van der Waals surface area (Å²) in [5, 5.41) is 5.61. The number of hydrogen-bond donors (Lipinski definition) is 3. The molecule has 0 aromatic heterocycles. The first kappa shape index (κ1) is 12.7. The molecule has 1 saturated heterocycles. The molecule has 0 saturated carbocycles. The van der Waals surface area contributed by atoms with Crippen LogP contribution in [-0.2, 0) is 9.84 Å². The molecule has 1 aliphatic rings. The number of primary amides is 1. The van der Waals surface area contributed by atoms with Crippen molar-refractivity contribution in [1.29, 1.82) is 0 Å². The molecule has 6 nitrogen and oxygen atoms in total. The SMILES string of the molecule is NC(=O)Nc1ccc(NC2CCS(=O)(=O)C2)cc1. The predicted octanol–water partition coefficient (Wildman–Crippen LogP) is 0.776. The van der Waals surface area contributed by atoms with Gasteiger partial charge in [0, 0.05) is 17.4 Å². The molecule has 1 fully saturated rings. The molecule has 0 aliphatic carbocycles. The van der Waals surface area contributed by atoms with Crippen LogP contribution in [0.2, 0.25) is 0 Å². The van der Waals surface area contributed by atoms with Gasteiger partial charge in [-0.15, -0.1) is 0 Å². The molecular weight excluding hydrogens is 254 g/mol. The maximum atomic E-state index is 11.3. The maximum absolute atomic E-state index is 11.3. The summed E-state index contributed by atoms with van der Waals surface area (Å²) < 4.78 is 22.6. The van der Waals surface area contributed by atoms with Gasteiger partial charge in [0.25, 0.3) is 0 Å². The lowest BCUT2D eigenvalue weighted by atomic mass is 10.2.